The number of aliphatic hydroxyl groups excluding tert-OH is 4. The van der Waals surface area contributed by atoms with Crippen molar-refractivity contribution in [2.75, 3.05) is 13.2 Å². The minimum atomic E-state index is -1.61. The molecular formula is C17H20N2O8. The lowest BCUT2D eigenvalue weighted by Gasteiger charge is -2.40. The van der Waals surface area contributed by atoms with E-state index in [9.17, 15) is 29.7 Å². The Bertz CT molecular complexity index is 717. The number of nitrogens with zero attached hydrogens (tertiary/aromatic N) is 1. The van der Waals surface area contributed by atoms with Crippen molar-refractivity contribution in [3.63, 3.8) is 0 Å². The monoisotopic (exact) mass is 380 g/mol. The third-order valence-electron chi connectivity index (χ3n) is 4.64. The molecule has 2 aliphatic heterocycles. The molecule has 0 spiro atoms. The maximum Gasteiger partial charge on any atom is 0.261 e. The number of hydrogen-bond acceptors (Lipinski definition) is 8. The van der Waals surface area contributed by atoms with Crippen LogP contribution < -0.4 is 5.32 Å². The van der Waals surface area contributed by atoms with E-state index in [1.54, 1.807) is 12.1 Å². The van der Waals surface area contributed by atoms with Gasteiger partial charge in [-0.2, -0.15) is 0 Å². The number of ether oxygens (including phenoxy) is 1. The van der Waals surface area contributed by atoms with Crippen LogP contribution in [0.5, 0.6) is 0 Å². The van der Waals surface area contributed by atoms with E-state index in [1.165, 1.54) is 12.1 Å². The lowest BCUT2D eigenvalue weighted by atomic mass is 9.98. The molecule has 1 aromatic rings. The smallest absolute Gasteiger partial charge is 0.261 e. The zero-order chi connectivity index (χ0) is 19.7. The first-order valence-corrected chi connectivity index (χ1v) is 8.40. The van der Waals surface area contributed by atoms with Crippen LogP contribution in [0.2, 0.25) is 0 Å². The molecule has 10 nitrogen and oxygen atoms in total. The molecule has 1 aromatic carbocycles. The SMILES string of the molecule is O=C(CCN1C(=O)c2ccccc2C1=O)N[C@@H]1O[C@H](CO)[C@H](O)[C@H](O)[C@H]1O. The van der Waals surface area contributed by atoms with E-state index in [-0.39, 0.29) is 24.1 Å². The molecule has 0 saturated carbocycles. The van der Waals surface area contributed by atoms with Crippen molar-refractivity contribution in [1.82, 2.24) is 10.2 Å². The molecule has 5 atom stereocenters. The van der Waals surface area contributed by atoms with Crippen molar-refractivity contribution in [1.29, 1.82) is 0 Å². The van der Waals surface area contributed by atoms with Gasteiger partial charge in [0.25, 0.3) is 11.8 Å². The van der Waals surface area contributed by atoms with Crippen molar-refractivity contribution in [2.45, 2.75) is 37.1 Å². The molecular weight excluding hydrogens is 360 g/mol. The molecule has 5 N–H and O–H groups in total. The highest BCUT2D eigenvalue weighted by Crippen LogP contribution is 2.23. The van der Waals surface area contributed by atoms with Gasteiger partial charge in [-0.05, 0) is 12.1 Å². The summed E-state index contributed by atoms with van der Waals surface area (Å²) in [6, 6.07) is 6.34. The molecule has 0 bridgehead atoms. The second-order valence-electron chi connectivity index (χ2n) is 6.37. The van der Waals surface area contributed by atoms with Crippen molar-refractivity contribution in [2.24, 2.45) is 0 Å². The number of nitrogens with one attached hydrogen (secondary N) is 1. The minimum Gasteiger partial charge on any atom is -0.394 e. The predicted octanol–water partition coefficient (Wildman–Crippen LogP) is -2.41. The number of carbonyl (C=O) groups is 3. The van der Waals surface area contributed by atoms with E-state index >= 15 is 0 Å². The van der Waals surface area contributed by atoms with Gasteiger partial charge >= 0.3 is 0 Å². The molecule has 1 fully saturated rings. The molecule has 0 aromatic heterocycles. The summed E-state index contributed by atoms with van der Waals surface area (Å²) in [7, 11) is 0. The summed E-state index contributed by atoms with van der Waals surface area (Å²) in [5, 5.41) is 40.8. The number of imide groups is 1. The second kappa shape index (κ2) is 7.71. The Balaban J connectivity index is 1.58. The summed E-state index contributed by atoms with van der Waals surface area (Å²) in [6.07, 6.45) is -7.50. The van der Waals surface area contributed by atoms with Gasteiger partial charge in [0.1, 0.15) is 24.4 Å². The third kappa shape index (κ3) is 3.57. The topological polar surface area (TPSA) is 157 Å². The highest BCUT2D eigenvalue weighted by molar-refractivity contribution is 6.21. The Morgan fingerprint density at radius 3 is 2.19 bits per heavy atom. The average Bonchev–Trinajstić information content (AvgIpc) is 2.91. The highest BCUT2D eigenvalue weighted by Gasteiger charge is 2.44. The van der Waals surface area contributed by atoms with Gasteiger partial charge in [0.2, 0.25) is 5.91 Å². The van der Waals surface area contributed by atoms with E-state index in [2.05, 4.69) is 5.32 Å². The number of benzene rings is 1. The van der Waals surface area contributed by atoms with Crippen molar-refractivity contribution >= 4 is 17.7 Å². The molecule has 146 valence electrons. The van der Waals surface area contributed by atoms with Crippen LogP contribution in [0.25, 0.3) is 0 Å². The van der Waals surface area contributed by atoms with Crippen LogP contribution in [0.3, 0.4) is 0 Å². The summed E-state index contributed by atoms with van der Waals surface area (Å²) in [4.78, 5) is 37.6. The van der Waals surface area contributed by atoms with Crippen LogP contribution >= 0.6 is 0 Å². The van der Waals surface area contributed by atoms with Crippen LogP contribution in [-0.4, -0.2) is 86.8 Å². The van der Waals surface area contributed by atoms with E-state index in [0.717, 1.165) is 4.90 Å². The van der Waals surface area contributed by atoms with Crippen molar-refractivity contribution in [3.8, 4) is 0 Å². The number of aliphatic hydroxyl groups is 4. The van der Waals surface area contributed by atoms with Crippen LogP contribution in [0.15, 0.2) is 24.3 Å². The molecule has 3 rings (SSSR count). The maximum atomic E-state index is 12.2. The number of amides is 3. The van der Waals surface area contributed by atoms with Gasteiger partial charge in [0.15, 0.2) is 6.23 Å². The van der Waals surface area contributed by atoms with E-state index in [0.29, 0.717) is 0 Å². The van der Waals surface area contributed by atoms with Gasteiger partial charge in [-0.3, -0.25) is 19.3 Å². The van der Waals surface area contributed by atoms with Gasteiger partial charge in [-0.1, -0.05) is 12.1 Å². The van der Waals surface area contributed by atoms with Crippen molar-refractivity contribution < 1.29 is 39.5 Å². The molecule has 10 heteroatoms. The standard InChI is InChI=1S/C17H20N2O8/c20-7-10-12(22)13(23)14(24)15(27-10)18-11(21)5-6-19-16(25)8-3-1-2-4-9(8)17(19)26/h1-4,10,12-15,20,22-24H,5-7H2,(H,18,21)/t10-,12+,13+,14-,15-/m1/s1. The van der Waals surface area contributed by atoms with Crippen LogP contribution in [0, 0.1) is 0 Å². The van der Waals surface area contributed by atoms with E-state index in [4.69, 9.17) is 9.84 Å². The zero-order valence-electron chi connectivity index (χ0n) is 14.2. The Kier molecular flexibility index (Phi) is 5.53. The summed E-state index contributed by atoms with van der Waals surface area (Å²) < 4.78 is 5.18. The number of fused-ring (bicyclic) bond motifs is 1. The fourth-order valence-corrected chi connectivity index (χ4v) is 3.11. The third-order valence-corrected chi connectivity index (χ3v) is 4.64. The maximum absolute atomic E-state index is 12.2. The average molecular weight is 380 g/mol. The molecule has 0 unspecified atom stereocenters. The van der Waals surface area contributed by atoms with Crippen LogP contribution in [0.4, 0.5) is 0 Å². The largest absolute Gasteiger partial charge is 0.394 e. The first-order valence-electron chi connectivity index (χ1n) is 8.40. The first-order chi connectivity index (χ1) is 12.8. The fourth-order valence-electron chi connectivity index (χ4n) is 3.11. The Morgan fingerprint density at radius 1 is 1.04 bits per heavy atom. The summed E-state index contributed by atoms with van der Waals surface area (Å²) in [6.45, 7) is -0.790. The van der Waals surface area contributed by atoms with E-state index < -0.39 is 55.0 Å². The number of carbonyl (C=O) groups excluding carboxylic acids is 3. The molecule has 1 saturated heterocycles. The lowest BCUT2D eigenvalue weighted by Crippen LogP contribution is -2.63. The van der Waals surface area contributed by atoms with Gasteiger partial charge in [-0.15, -0.1) is 0 Å². The van der Waals surface area contributed by atoms with Gasteiger partial charge in [0, 0.05) is 13.0 Å². The van der Waals surface area contributed by atoms with Gasteiger partial charge in [0.05, 0.1) is 17.7 Å². The molecule has 27 heavy (non-hydrogen) atoms. The number of rotatable bonds is 5. The second-order valence-corrected chi connectivity index (χ2v) is 6.37. The Morgan fingerprint density at radius 2 is 1.63 bits per heavy atom. The van der Waals surface area contributed by atoms with Crippen LogP contribution in [-0.2, 0) is 9.53 Å². The predicted molar refractivity (Wildman–Crippen MR) is 88.3 cm³/mol. The first kappa shape index (κ1) is 19.4. The molecule has 0 aliphatic carbocycles. The lowest BCUT2D eigenvalue weighted by molar-refractivity contribution is -0.235. The summed E-state index contributed by atoms with van der Waals surface area (Å²) in [5.74, 6) is -1.62. The molecule has 2 aliphatic rings. The number of hydrogen-bond donors (Lipinski definition) is 5. The van der Waals surface area contributed by atoms with Crippen molar-refractivity contribution in [3.05, 3.63) is 35.4 Å². The van der Waals surface area contributed by atoms with Gasteiger partial charge < -0.3 is 30.5 Å². The normalized spacial score (nSPS) is 30.4. The van der Waals surface area contributed by atoms with Gasteiger partial charge in [-0.25, -0.2) is 0 Å². The van der Waals surface area contributed by atoms with E-state index in [1.807, 2.05) is 0 Å². The molecule has 0 radical (unpaired) electrons. The Hall–Kier alpha value is -2.37. The molecule has 3 amide bonds. The highest BCUT2D eigenvalue weighted by atomic mass is 16.6. The minimum absolute atomic E-state index is 0.171. The summed E-state index contributed by atoms with van der Waals surface area (Å²) >= 11 is 0. The Labute approximate surface area is 154 Å². The fraction of sp³-hybridized carbons (Fsp3) is 0.471. The zero-order valence-corrected chi connectivity index (χ0v) is 14.2. The molecule has 2 heterocycles. The quantitative estimate of drug-likeness (QED) is 0.354. The summed E-state index contributed by atoms with van der Waals surface area (Å²) in [5.41, 5.74) is 0.550. The van der Waals surface area contributed by atoms with Crippen LogP contribution in [0.1, 0.15) is 27.1 Å².